The van der Waals surface area contributed by atoms with Crippen molar-refractivity contribution < 1.29 is 4.79 Å². The number of carbonyl (C=O) groups is 1. The average Bonchev–Trinajstić information content (AvgIpc) is 3.10. The van der Waals surface area contributed by atoms with Gasteiger partial charge in [0, 0.05) is 20.1 Å². The average molecular weight is 370 g/mol. The van der Waals surface area contributed by atoms with Gasteiger partial charge in [0.05, 0.1) is 6.54 Å². The minimum atomic E-state index is 0.0646. The van der Waals surface area contributed by atoms with E-state index >= 15 is 0 Å². The van der Waals surface area contributed by atoms with Crippen LogP contribution in [0.3, 0.4) is 0 Å². The number of nitrogens with zero attached hydrogens (tertiary/aromatic N) is 1. The maximum atomic E-state index is 11.7. The quantitative estimate of drug-likeness (QED) is 0.722. The van der Waals surface area contributed by atoms with Crippen LogP contribution in [0, 0.1) is 13.8 Å². The lowest BCUT2D eigenvalue weighted by molar-refractivity contribution is -0.121. The first-order chi connectivity index (χ1) is 13.6. The maximum absolute atomic E-state index is 11.7. The van der Waals surface area contributed by atoms with Crippen LogP contribution in [-0.4, -0.2) is 24.4 Å². The molecule has 0 atom stereocenters. The molecule has 0 radical (unpaired) electrons. The monoisotopic (exact) mass is 370 g/mol. The maximum Gasteiger partial charge on any atom is 0.233 e. The molecular weight excluding hydrogens is 344 g/mol. The highest BCUT2D eigenvalue weighted by molar-refractivity contribution is 5.80. The van der Waals surface area contributed by atoms with E-state index in [0.29, 0.717) is 6.54 Å². The minimum absolute atomic E-state index is 0.0646. The molecule has 0 aromatic heterocycles. The van der Waals surface area contributed by atoms with Crippen LogP contribution in [-0.2, 0) is 17.9 Å². The second-order valence-corrected chi connectivity index (χ2v) is 7.59. The lowest BCUT2D eigenvalue weighted by Gasteiger charge is -2.14. The molecule has 1 N–H and O–H groups in total. The fourth-order valence-corrected chi connectivity index (χ4v) is 4.14. The SMILES string of the molecule is CNC(=O)CN1Cc2ccc(-c3cccc(-c4ccccc4C)c3C)cc2C1. The molecule has 3 aromatic rings. The van der Waals surface area contributed by atoms with E-state index in [0.717, 1.165) is 13.1 Å². The molecule has 4 rings (SSSR count). The van der Waals surface area contributed by atoms with E-state index in [4.69, 9.17) is 0 Å². The van der Waals surface area contributed by atoms with Crippen molar-refractivity contribution in [1.82, 2.24) is 10.2 Å². The van der Waals surface area contributed by atoms with E-state index < -0.39 is 0 Å². The smallest absolute Gasteiger partial charge is 0.233 e. The Morgan fingerprint density at radius 2 is 1.61 bits per heavy atom. The van der Waals surface area contributed by atoms with Crippen LogP contribution in [0.5, 0.6) is 0 Å². The topological polar surface area (TPSA) is 32.3 Å². The molecule has 1 heterocycles. The minimum Gasteiger partial charge on any atom is -0.358 e. The van der Waals surface area contributed by atoms with Crippen molar-refractivity contribution in [3.8, 4) is 22.3 Å². The van der Waals surface area contributed by atoms with Crippen LogP contribution in [0.1, 0.15) is 22.3 Å². The molecule has 0 aliphatic carbocycles. The van der Waals surface area contributed by atoms with Gasteiger partial charge in [0.2, 0.25) is 5.91 Å². The highest BCUT2D eigenvalue weighted by atomic mass is 16.1. The van der Waals surface area contributed by atoms with Crippen molar-refractivity contribution in [2.45, 2.75) is 26.9 Å². The Balaban J connectivity index is 1.67. The first-order valence-corrected chi connectivity index (χ1v) is 9.77. The summed E-state index contributed by atoms with van der Waals surface area (Å²) in [5, 5.41) is 2.71. The predicted molar refractivity (Wildman–Crippen MR) is 115 cm³/mol. The van der Waals surface area contributed by atoms with Gasteiger partial charge in [-0.25, -0.2) is 0 Å². The van der Waals surface area contributed by atoms with E-state index in [2.05, 4.69) is 84.7 Å². The zero-order chi connectivity index (χ0) is 19.7. The first kappa shape index (κ1) is 18.5. The van der Waals surface area contributed by atoms with Crippen molar-refractivity contribution in [3.05, 3.63) is 82.9 Å². The number of nitrogens with one attached hydrogen (secondary N) is 1. The normalized spacial score (nSPS) is 13.4. The van der Waals surface area contributed by atoms with Crippen LogP contribution in [0.4, 0.5) is 0 Å². The Morgan fingerprint density at radius 3 is 2.39 bits per heavy atom. The van der Waals surface area contributed by atoms with Gasteiger partial charge in [-0.1, -0.05) is 54.6 Å². The lowest BCUT2D eigenvalue weighted by atomic mass is 9.90. The summed E-state index contributed by atoms with van der Waals surface area (Å²) in [5.74, 6) is 0.0646. The molecule has 0 saturated heterocycles. The molecule has 28 heavy (non-hydrogen) atoms. The van der Waals surface area contributed by atoms with Crippen LogP contribution in [0.25, 0.3) is 22.3 Å². The van der Waals surface area contributed by atoms with E-state index in [-0.39, 0.29) is 5.91 Å². The summed E-state index contributed by atoms with van der Waals surface area (Å²) in [6.07, 6.45) is 0. The highest BCUT2D eigenvalue weighted by Gasteiger charge is 2.21. The van der Waals surface area contributed by atoms with Gasteiger partial charge < -0.3 is 5.32 Å². The van der Waals surface area contributed by atoms with E-state index in [9.17, 15) is 4.79 Å². The number of fused-ring (bicyclic) bond motifs is 1. The highest BCUT2D eigenvalue weighted by Crippen LogP contribution is 2.35. The summed E-state index contributed by atoms with van der Waals surface area (Å²) in [5.41, 5.74) is 10.3. The molecule has 3 nitrogen and oxygen atoms in total. The van der Waals surface area contributed by atoms with Crippen LogP contribution >= 0.6 is 0 Å². The molecule has 0 saturated carbocycles. The number of rotatable bonds is 4. The zero-order valence-corrected chi connectivity index (χ0v) is 16.8. The lowest BCUT2D eigenvalue weighted by Crippen LogP contribution is -2.32. The van der Waals surface area contributed by atoms with Gasteiger partial charge in [0.1, 0.15) is 0 Å². The molecule has 0 spiro atoms. The number of aryl methyl sites for hydroxylation is 1. The fourth-order valence-electron chi connectivity index (χ4n) is 4.14. The molecule has 1 aliphatic heterocycles. The zero-order valence-electron chi connectivity index (χ0n) is 16.8. The molecular formula is C25H26N2O. The molecule has 3 aromatic carbocycles. The van der Waals surface area contributed by atoms with Crippen molar-refractivity contribution in [2.24, 2.45) is 0 Å². The number of amides is 1. The standard InChI is InChI=1S/C25H26N2O/c1-17-7-4-5-8-22(17)24-10-6-9-23(18(24)2)19-11-12-20-14-27(15-21(20)13-19)16-25(28)26-3/h4-13H,14-16H2,1-3H3,(H,26,28). The van der Waals surface area contributed by atoms with E-state index in [1.54, 1.807) is 7.05 Å². The van der Waals surface area contributed by atoms with Crippen molar-refractivity contribution >= 4 is 5.91 Å². The van der Waals surface area contributed by atoms with Crippen molar-refractivity contribution in [1.29, 1.82) is 0 Å². The fraction of sp³-hybridized carbons (Fsp3) is 0.240. The third-order valence-electron chi connectivity index (χ3n) is 5.72. The third kappa shape index (κ3) is 3.46. The number of hydrogen-bond acceptors (Lipinski definition) is 2. The van der Waals surface area contributed by atoms with Crippen molar-refractivity contribution in [2.75, 3.05) is 13.6 Å². The summed E-state index contributed by atoms with van der Waals surface area (Å²) in [6.45, 7) is 6.49. The first-order valence-electron chi connectivity index (χ1n) is 9.77. The van der Waals surface area contributed by atoms with Gasteiger partial charge in [-0.15, -0.1) is 0 Å². The molecule has 0 fully saturated rings. The summed E-state index contributed by atoms with van der Waals surface area (Å²) < 4.78 is 0. The van der Waals surface area contributed by atoms with Gasteiger partial charge >= 0.3 is 0 Å². The Bertz CT molecular complexity index is 1040. The summed E-state index contributed by atoms with van der Waals surface area (Å²) in [7, 11) is 1.69. The molecule has 0 bridgehead atoms. The van der Waals surface area contributed by atoms with Crippen LogP contribution in [0.2, 0.25) is 0 Å². The van der Waals surface area contributed by atoms with Crippen LogP contribution in [0.15, 0.2) is 60.7 Å². The number of likely N-dealkylation sites (N-methyl/N-ethyl adjacent to an activating group) is 1. The van der Waals surface area contributed by atoms with Gasteiger partial charge in [0.25, 0.3) is 0 Å². The largest absolute Gasteiger partial charge is 0.358 e. The van der Waals surface area contributed by atoms with Crippen molar-refractivity contribution in [3.63, 3.8) is 0 Å². The molecule has 1 amide bonds. The summed E-state index contributed by atoms with van der Waals surface area (Å²) >= 11 is 0. The second kappa shape index (κ2) is 7.61. The Morgan fingerprint density at radius 1 is 0.893 bits per heavy atom. The molecule has 0 unspecified atom stereocenters. The van der Waals surface area contributed by atoms with Gasteiger partial charge in [-0.2, -0.15) is 0 Å². The molecule has 142 valence electrons. The number of carbonyl (C=O) groups excluding carboxylic acids is 1. The van der Waals surface area contributed by atoms with E-state index in [1.165, 1.54) is 44.5 Å². The van der Waals surface area contributed by atoms with Gasteiger partial charge in [-0.05, 0) is 64.4 Å². The Kier molecular flexibility index (Phi) is 5.01. The molecule has 1 aliphatic rings. The van der Waals surface area contributed by atoms with E-state index in [1.807, 2.05) is 0 Å². The Labute approximate surface area is 167 Å². The number of benzene rings is 3. The summed E-state index contributed by atoms with van der Waals surface area (Å²) in [6, 6.07) is 21.8. The second-order valence-electron chi connectivity index (χ2n) is 7.59. The Hall–Kier alpha value is -2.91. The summed E-state index contributed by atoms with van der Waals surface area (Å²) in [4.78, 5) is 13.9. The number of hydrogen-bond donors (Lipinski definition) is 1. The van der Waals surface area contributed by atoms with Gasteiger partial charge in [-0.3, -0.25) is 9.69 Å². The molecule has 3 heteroatoms. The van der Waals surface area contributed by atoms with Crippen LogP contribution < -0.4 is 5.32 Å². The van der Waals surface area contributed by atoms with Gasteiger partial charge in [0.15, 0.2) is 0 Å². The third-order valence-corrected chi connectivity index (χ3v) is 5.72. The predicted octanol–water partition coefficient (Wildman–Crippen LogP) is 4.70.